The third kappa shape index (κ3) is 7.23. The number of likely N-dealkylation sites (N-methyl/N-ethyl adjacent to an activating group) is 1. The lowest BCUT2D eigenvalue weighted by molar-refractivity contribution is -0.134. The van der Waals surface area contributed by atoms with E-state index in [0.29, 0.717) is 30.9 Å². The number of nitrogens with one attached hydrogen (secondary N) is 1. The smallest absolute Gasteiger partial charge is 0.267 e. The summed E-state index contributed by atoms with van der Waals surface area (Å²) < 4.78 is 45.7. The van der Waals surface area contributed by atoms with Crippen molar-refractivity contribution < 1.29 is 32.3 Å². The van der Waals surface area contributed by atoms with Gasteiger partial charge >= 0.3 is 0 Å². The first-order valence-corrected chi connectivity index (χ1v) is 15.4. The highest BCUT2D eigenvalue weighted by atomic mass is 32.2. The highest BCUT2D eigenvalue weighted by Gasteiger charge is 2.32. The number of sulfonamides is 1. The Kier molecular flexibility index (Phi) is 9.80. The largest absolute Gasteiger partial charge is 0.497 e. The predicted octanol–water partition coefficient (Wildman–Crippen LogP) is 3.38. The molecule has 0 radical (unpaired) electrons. The summed E-state index contributed by atoms with van der Waals surface area (Å²) in [7, 11) is -0.333. The van der Waals surface area contributed by atoms with Gasteiger partial charge in [-0.3, -0.25) is 14.4 Å². The summed E-state index contributed by atoms with van der Waals surface area (Å²) in [6, 6.07) is 12.4. The first kappa shape index (κ1) is 31.3. The average Bonchev–Trinajstić information content (AvgIpc) is 3.31. The second kappa shape index (κ2) is 13.1. The van der Waals surface area contributed by atoms with Crippen LogP contribution in [0, 0.1) is 19.8 Å². The Labute approximate surface area is 247 Å². The standard InChI is InChI=1S/C30H40N4O7S/c1-19-15-34(20(2)18-35)29(36)14-24-13-25(32-42(37,38)30-21(3)31-41-22(30)4)9-12-27(24)40-28(19)17-33(5)16-23-7-10-26(39-6)11-8-23/h7-13,19-20,28,32,35H,14-18H2,1-6H3/t19-,20-,28+/m1/s1. The van der Waals surface area contributed by atoms with Crippen LogP contribution in [0.3, 0.4) is 0 Å². The van der Waals surface area contributed by atoms with Gasteiger partial charge in [0.1, 0.15) is 23.3 Å². The number of aliphatic hydroxyl groups excluding tert-OH is 1. The van der Waals surface area contributed by atoms with Crippen molar-refractivity contribution in [3.05, 3.63) is 65.0 Å². The maximum absolute atomic E-state index is 13.5. The summed E-state index contributed by atoms with van der Waals surface area (Å²) in [5, 5.41) is 13.7. The minimum Gasteiger partial charge on any atom is -0.497 e. The van der Waals surface area contributed by atoms with Crippen LogP contribution in [0.4, 0.5) is 5.69 Å². The van der Waals surface area contributed by atoms with Crippen molar-refractivity contribution in [3.8, 4) is 11.5 Å². The number of amides is 1. The first-order chi connectivity index (χ1) is 19.9. The third-order valence-corrected chi connectivity index (χ3v) is 9.13. The molecule has 4 rings (SSSR count). The molecule has 2 N–H and O–H groups in total. The number of aryl methyl sites for hydroxylation is 2. The molecule has 2 heterocycles. The summed E-state index contributed by atoms with van der Waals surface area (Å²) in [6.07, 6.45) is -0.307. The van der Waals surface area contributed by atoms with E-state index < -0.39 is 10.0 Å². The van der Waals surface area contributed by atoms with Gasteiger partial charge in [-0.05, 0) is 63.7 Å². The van der Waals surface area contributed by atoms with Gasteiger partial charge < -0.3 is 24.0 Å². The fourth-order valence-electron chi connectivity index (χ4n) is 5.19. The first-order valence-electron chi connectivity index (χ1n) is 13.9. The van der Waals surface area contributed by atoms with E-state index in [0.717, 1.165) is 11.3 Å². The van der Waals surface area contributed by atoms with E-state index in [1.807, 2.05) is 45.2 Å². The minimum atomic E-state index is -3.98. The van der Waals surface area contributed by atoms with Crippen molar-refractivity contribution in [3.63, 3.8) is 0 Å². The van der Waals surface area contributed by atoms with Gasteiger partial charge in [-0.2, -0.15) is 0 Å². The lowest BCUT2D eigenvalue weighted by Crippen LogP contribution is -2.47. The van der Waals surface area contributed by atoms with Crippen LogP contribution in [0.25, 0.3) is 0 Å². The van der Waals surface area contributed by atoms with E-state index in [1.54, 1.807) is 37.1 Å². The quantitative estimate of drug-likeness (QED) is 0.359. The van der Waals surface area contributed by atoms with E-state index in [2.05, 4.69) is 14.8 Å². The molecule has 1 aliphatic rings. The summed E-state index contributed by atoms with van der Waals surface area (Å²) in [5.41, 5.74) is 2.21. The molecular weight excluding hydrogens is 560 g/mol. The van der Waals surface area contributed by atoms with E-state index in [4.69, 9.17) is 14.0 Å². The Bertz CT molecular complexity index is 1470. The van der Waals surface area contributed by atoms with E-state index >= 15 is 0 Å². The van der Waals surface area contributed by atoms with Gasteiger partial charge in [0.05, 0.1) is 26.2 Å². The molecule has 12 heteroatoms. The van der Waals surface area contributed by atoms with Crippen LogP contribution in [0.2, 0.25) is 0 Å². The van der Waals surface area contributed by atoms with E-state index in [9.17, 15) is 18.3 Å². The number of carbonyl (C=O) groups is 1. The topological polar surface area (TPSA) is 134 Å². The van der Waals surface area contributed by atoms with E-state index in [1.165, 1.54) is 6.92 Å². The molecule has 0 unspecified atom stereocenters. The Hall–Kier alpha value is -3.61. The summed E-state index contributed by atoms with van der Waals surface area (Å²) in [6.45, 7) is 8.42. The van der Waals surface area contributed by atoms with Crippen molar-refractivity contribution in [2.24, 2.45) is 5.92 Å². The molecule has 0 saturated heterocycles. The van der Waals surface area contributed by atoms with Crippen LogP contribution in [0.1, 0.15) is 36.4 Å². The number of rotatable bonds is 10. The zero-order valence-corrected chi connectivity index (χ0v) is 25.8. The highest BCUT2D eigenvalue weighted by Crippen LogP contribution is 2.31. The Morgan fingerprint density at radius 1 is 1.21 bits per heavy atom. The molecule has 0 saturated carbocycles. The highest BCUT2D eigenvalue weighted by molar-refractivity contribution is 7.92. The number of hydrogen-bond donors (Lipinski definition) is 2. The number of carbonyl (C=O) groups excluding carboxylic acids is 1. The van der Waals surface area contributed by atoms with Crippen LogP contribution < -0.4 is 14.2 Å². The van der Waals surface area contributed by atoms with Gasteiger partial charge in [-0.25, -0.2) is 8.42 Å². The molecule has 0 bridgehead atoms. The Balaban J connectivity index is 1.62. The van der Waals surface area contributed by atoms with Gasteiger partial charge in [0.2, 0.25) is 5.91 Å². The van der Waals surface area contributed by atoms with Crippen molar-refractivity contribution in [2.75, 3.05) is 38.6 Å². The summed E-state index contributed by atoms with van der Waals surface area (Å²) >= 11 is 0. The second-order valence-electron chi connectivity index (χ2n) is 11.0. The van der Waals surface area contributed by atoms with Crippen LogP contribution in [-0.2, 0) is 27.8 Å². The normalized spacial score (nSPS) is 18.5. The van der Waals surface area contributed by atoms with Gasteiger partial charge in [0, 0.05) is 36.8 Å². The number of nitrogens with zero attached hydrogens (tertiary/aromatic N) is 3. The molecule has 228 valence electrons. The Morgan fingerprint density at radius 2 is 1.93 bits per heavy atom. The van der Waals surface area contributed by atoms with Crippen molar-refractivity contribution in [1.29, 1.82) is 0 Å². The number of methoxy groups -OCH3 is 1. The molecule has 11 nitrogen and oxygen atoms in total. The maximum atomic E-state index is 13.5. The molecular formula is C30H40N4O7S. The number of anilines is 1. The molecule has 0 spiro atoms. The van der Waals surface area contributed by atoms with Gasteiger partial charge in [0.15, 0.2) is 10.7 Å². The van der Waals surface area contributed by atoms with Crippen molar-refractivity contribution >= 4 is 21.6 Å². The average molecular weight is 601 g/mol. The number of aliphatic hydroxyl groups is 1. The predicted molar refractivity (Wildman–Crippen MR) is 158 cm³/mol. The van der Waals surface area contributed by atoms with Gasteiger partial charge in [0.25, 0.3) is 10.0 Å². The van der Waals surface area contributed by atoms with Gasteiger partial charge in [-0.1, -0.05) is 24.2 Å². The van der Waals surface area contributed by atoms with Crippen LogP contribution in [0.5, 0.6) is 11.5 Å². The minimum absolute atomic E-state index is 0.0122. The number of fused-ring (bicyclic) bond motifs is 1. The zero-order valence-electron chi connectivity index (χ0n) is 25.0. The van der Waals surface area contributed by atoms with Crippen molar-refractivity contribution in [1.82, 2.24) is 15.0 Å². The van der Waals surface area contributed by atoms with Crippen LogP contribution in [0.15, 0.2) is 51.9 Å². The van der Waals surface area contributed by atoms with E-state index in [-0.39, 0.29) is 59.0 Å². The summed E-state index contributed by atoms with van der Waals surface area (Å²) in [5.74, 6) is 1.25. The zero-order chi connectivity index (χ0) is 30.6. The number of hydrogen-bond acceptors (Lipinski definition) is 9. The third-order valence-electron chi connectivity index (χ3n) is 7.51. The van der Waals surface area contributed by atoms with Crippen molar-refractivity contribution in [2.45, 2.75) is 57.7 Å². The molecule has 42 heavy (non-hydrogen) atoms. The Morgan fingerprint density at radius 3 is 2.55 bits per heavy atom. The fourth-order valence-corrected chi connectivity index (χ4v) is 6.57. The number of ether oxygens (including phenoxy) is 2. The molecule has 1 aliphatic heterocycles. The summed E-state index contributed by atoms with van der Waals surface area (Å²) in [4.78, 5) is 17.3. The van der Waals surface area contributed by atoms with Crippen LogP contribution >= 0.6 is 0 Å². The molecule has 2 aromatic carbocycles. The molecule has 1 amide bonds. The maximum Gasteiger partial charge on any atom is 0.267 e. The lowest BCUT2D eigenvalue weighted by atomic mass is 10.0. The number of aromatic nitrogens is 1. The monoisotopic (exact) mass is 600 g/mol. The molecule has 1 aromatic heterocycles. The molecule has 3 aromatic rings. The van der Waals surface area contributed by atoms with Gasteiger partial charge in [-0.15, -0.1) is 0 Å². The fraction of sp³-hybridized carbons (Fsp3) is 0.467. The van der Waals surface area contributed by atoms with Crippen LogP contribution in [-0.4, -0.2) is 80.4 Å². The molecule has 3 atom stereocenters. The lowest BCUT2D eigenvalue weighted by Gasteiger charge is -2.34. The number of benzene rings is 2. The second-order valence-corrected chi connectivity index (χ2v) is 12.6. The molecule has 0 aliphatic carbocycles. The SMILES string of the molecule is COc1ccc(CN(C)C[C@@H]2Oc3ccc(NS(=O)(=O)c4c(C)noc4C)cc3CC(=O)N([C@H](C)CO)C[C@H]2C)cc1. The molecule has 0 fully saturated rings.